The molecule has 10 heteroatoms. The molecule has 1 heterocycles. The molecule has 0 unspecified atom stereocenters. The number of carbonyl (C=O) groups is 2. The first kappa shape index (κ1) is 20.5. The first-order valence-corrected chi connectivity index (χ1v) is 8.01. The van der Waals surface area contributed by atoms with Crippen LogP contribution < -0.4 is 5.32 Å². The number of aromatic nitrogens is 2. The maximum atomic E-state index is 13.3. The molecule has 0 fully saturated rings. The van der Waals surface area contributed by atoms with Gasteiger partial charge in [0.25, 0.3) is 0 Å². The maximum Gasteiger partial charge on any atom is 0.418 e. The highest BCUT2D eigenvalue weighted by Crippen LogP contribution is 2.35. The number of carbonyl (C=O) groups excluding carboxylic acids is 2. The minimum Gasteiger partial charge on any atom is -0.467 e. The number of halogens is 3. The van der Waals surface area contributed by atoms with E-state index in [2.05, 4.69) is 20.3 Å². The molecular formula is C17H20F3N3O4. The molecule has 2 aromatic rings. The van der Waals surface area contributed by atoms with Gasteiger partial charge in [-0.05, 0) is 38.5 Å². The molecule has 0 saturated carbocycles. The van der Waals surface area contributed by atoms with Crippen LogP contribution in [0.3, 0.4) is 0 Å². The van der Waals surface area contributed by atoms with E-state index in [1.54, 1.807) is 20.8 Å². The Morgan fingerprint density at radius 2 is 1.93 bits per heavy atom. The van der Waals surface area contributed by atoms with Gasteiger partial charge >= 0.3 is 18.2 Å². The van der Waals surface area contributed by atoms with Crippen molar-refractivity contribution in [1.29, 1.82) is 0 Å². The summed E-state index contributed by atoms with van der Waals surface area (Å²) in [7, 11) is 1.12. The number of alkyl carbamates (subject to hydrolysis) is 1. The molecule has 0 saturated heterocycles. The molecule has 0 spiro atoms. The second kappa shape index (κ2) is 7.45. The number of fused-ring (bicyclic) bond motifs is 1. The third-order valence-electron chi connectivity index (χ3n) is 3.53. The van der Waals surface area contributed by atoms with Gasteiger partial charge in [0.2, 0.25) is 0 Å². The van der Waals surface area contributed by atoms with Crippen LogP contribution in [0.15, 0.2) is 18.3 Å². The second-order valence-corrected chi connectivity index (χ2v) is 6.90. The Labute approximate surface area is 153 Å². The summed E-state index contributed by atoms with van der Waals surface area (Å²) >= 11 is 0. The number of ether oxygens (including phenoxy) is 2. The summed E-state index contributed by atoms with van der Waals surface area (Å²) in [6, 6.07) is 1.16. The van der Waals surface area contributed by atoms with Gasteiger partial charge in [-0.2, -0.15) is 18.3 Å². The fraction of sp³-hybridized carbons (Fsp3) is 0.471. The number of esters is 1. The highest BCUT2D eigenvalue weighted by Gasteiger charge is 2.34. The van der Waals surface area contributed by atoms with Gasteiger partial charge in [0.15, 0.2) is 0 Å². The summed E-state index contributed by atoms with van der Waals surface area (Å²) in [6.45, 7) is 4.92. The molecule has 1 aromatic heterocycles. The number of H-pyrrole nitrogens is 1. The van der Waals surface area contributed by atoms with E-state index in [4.69, 9.17) is 4.74 Å². The van der Waals surface area contributed by atoms with Crippen molar-refractivity contribution < 1.29 is 32.2 Å². The van der Waals surface area contributed by atoms with Crippen LogP contribution in [-0.4, -0.2) is 41.0 Å². The third kappa shape index (κ3) is 5.35. The second-order valence-electron chi connectivity index (χ2n) is 6.90. The summed E-state index contributed by atoms with van der Waals surface area (Å²) < 4.78 is 49.6. The van der Waals surface area contributed by atoms with Crippen LogP contribution in [0.5, 0.6) is 0 Å². The van der Waals surface area contributed by atoms with Crippen LogP contribution in [0.1, 0.15) is 31.9 Å². The van der Waals surface area contributed by atoms with Gasteiger partial charge in [0.05, 0.1) is 24.4 Å². The summed E-state index contributed by atoms with van der Waals surface area (Å²) in [5, 5.41) is 8.51. The van der Waals surface area contributed by atoms with Crippen LogP contribution in [0.25, 0.3) is 10.9 Å². The largest absolute Gasteiger partial charge is 0.467 e. The standard InChI is InChI=1S/C17H20F3N3O4/c1-16(2,3)27-15(25)22-12(14(24)26-4)7-9-5-10-8-21-23-13(10)11(6-9)17(18,19)20/h5-6,8,12H,7H2,1-4H3,(H,21,23)(H,22,25)/t12-/m1/s1. The molecule has 1 atom stereocenters. The van der Waals surface area contributed by atoms with E-state index in [9.17, 15) is 22.8 Å². The quantitative estimate of drug-likeness (QED) is 0.786. The molecule has 2 rings (SSSR count). The molecule has 0 bridgehead atoms. The molecule has 148 valence electrons. The zero-order valence-electron chi connectivity index (χ0n) is 15.2. The van der Waals surface area contributed by atoms with Crippen molar-refractivity contribution in [2.24, 2.45) is 0 Å². The fourth-order valence-corrected chi connectivity index (χ4v) is 2.48. The lowest BCUT2D eigenvalue weighted by atomic mass is 10.0. The number of hydrogen-bond donors (Lipinski definition) is 2. The Bertz CT molecular complexity index is 840. The van der Waals surface area contributed by atoms with Crippen molar-refractivity contribution in [3.05, 3.63) is 29.5 Å². The maximum absolute atomic E-state index is 13.3. The molecule has 0 radical (unpaired) electrons. The number of alkyl halides is 3. The molecule has 0 aliphatic rings. The van der Waals surface area contributed by atoms with E-state index >= 15 is 0 Å². The molecule has 7 nitrogen and oxygen atoms in total. The normalized spacial score (nSPS) is 13.3. The van der Waals surface area contributed by atoms with E-state index in [1.807, 2.05) is 0 Å². The number of rotatable bonds is 4. The Morgan fingerprint density at radius 1 is 1.26 bits per heavy atom. The summed E-state index contributed by atoms with van der Waals surface area (Å²) in [4.78, 5) is 23.9. The zero-order valence-corrected chi connectivity index (χ0v) is 15.2. The third-order valence-corrected chi connectivity index (χ3v) is 3.53. The Hall–Kier alpha value is -2.78. The average Bonchev–Trinajstić information content (AvgIpc) is 2.98. The number of aromatic amines is 1. The molecule has 0 aliphatic carbocycles. The van der Waals surface area contributed by atoms with Crippen molar-refractivity contribution in [3.63, 3.8) is 0 Å². The highest BCUT2D eigenvalue weighted by molar-refractivity contribution is 5.84. The molecule has 2 N–H and O–H groups in total. The van der Waals surface area contributed by atoms with Gasteiger partial charge in [-0.1, -0.05) is 0 Å². The predicted molar refractivity (Wildman–Crippen MR) is 90.0 cm³/mol. The minimum absolute atomic E-state index is 0.152. The molecule has 0 aliphatic heterocycles. The van der Waals surface area contributed by atoms with E-state index in [1.165, 1.54) is 12.3 Å². The first-order chi connectivity index (χ1) is 12.4. The lowest BCUT2D eigenvalue weighted by Crippen LogP contribution is -2.45. The number of amides is 1. The van der Waals surface area contributed by atoms with Crippen LogP contribution in [0, 0.1) is 0 Å². The number of methoxy groups -OCH3 is 1. The molecular weight excluding hydrogens is 367 g/mol. The Kier molecular flexibility index (Phi) is 5.67. The average molecular weight is 387 g/mol. The topological polar surface area (TPSA) is 93.3 Å². The van der Waals surface area contributed by atoms with Gasteiger partial charge in [-0.3, -0.25) is 5.10 Å². The van der Waals surface area contributed by atoms with Gasteiger partial charge in [-0.15, -0.1) is 0 Å². The smallest absolute Gasteiger partial charge is 0.418 e. The highest BCUT2D eigenvalue weighted by atomic mass is 19.4. The van der Waals surface area contributed by atoms with Gasteiger partial charge < -0.3 is 14.8 Å². The van der Waals surface area contributed by atoms with Crippen LogP contribution in [0.4, 0.5) is 18.0 Å². The SMILES string of the molecule is COC(=O)[C@@H](Cc1cc(C(F)(F)F)c2[nH]ncc2c1)NC(=O)OC(C)(C)C. The molecule has 1 amide bonds. The van der Waals surface area contributed by atoms with Crippen LogP contribution in [0.2, 0.25) is 0 Å². The van der Waals surface area contributed by atoms with Crippen LogP contribution in [-0.2, 0) is 26.9 Å². The van der Waals surface area contributed by atoms with E-state index in [0.717, 1.165) is 13.2 Å². The lowest BCUT2D eigenvalue weighted by Gasteiger charge is -2.23. The number of hydrogen-bond acceptors (Lipinski definition) is 5. The summed E-state index contributed by atoms with van der Waals surface area (Å²) in [5.74, 6) is -0.804. The number of nitrogens with one attached hydrogen (secondary N) is 2. The van der Waals surface area contributed by atoms with Gasteiger partial charge in [0.1, 0.15) is 11.6 Å². The fourth-order valence-electron chi connectivity index (χ4n) is 2.48. The van der Waals surface area contributed by atoms with Gasteiger partial charge in [0, 0.05) is 11.8 Å². The Morgan fingerprint density at radius 3 is 2.48 bits per heavy atom. The van der Waals surface area contributed by atoms with Crippen molar-refractivity contribution >= 4 is 23.0 Å². The zero-order chi connectivity index (χ0) is 20.4. The van der Waals surface area contributed by atoms with E-state index in [0.29, 0.717) is 0 Å². The van der Waals surface area contributed by atoms with Crippen molar-refractivity contribution in [3.8, 4) is 0 Å². The lowest BCUT2D eigenvalue weighted by molar-refractivity contribution is -0.143. The predicted octanol–water partition coefficient (Wildman–Crippen LogP) is 3.19. The van der Waals surface area contributed by atoms with Gasteiger partial charge in [-0.25, -0.2) is 9.59 Å². The van der Waals surface area contributed by atoms with Crippen LogP contribution >= 0.6 is 0 Å². The van der Waals surface area contributed by atoms with Crippen molar-refractivity contribution in [1.82, 2.24) is 15.5 Å². The number of nitrogens with zero attached hydrogens (tertiary/aromatic N) is 1. The van der Waals surface area contributed by atoms with E-state index < -0.39 is 35.4 Å². The van der Waals surface area contributed by atoms with E-state index in [-0.39, 0.29) is 22.9 Å². The van der Waals surface area contributed by atoms with Crippen molar-refractivity contribution in [2.45, 2.75) is 45.0 Å². The molecule has 1 aromatic carbocycles. The first-order valence-electron chi connectivity index (χ1n) is 8.01. The summed E-state index contributed by atoms with van der Waals surface area (Å²) in [6.07, 6.45) is -4.45. The number of benzene rings is 1. The van der Waals surface area contributed by atoms with Crippen molar-refractivity contribution in [2.75, 3.05) is 7.11 Å². The minimum atomic E-state index is -4.61. The monoisotopic (exact) mass is 387 g/mol. The molecule has 27 heavy (non-hydrogen) atoms. The Balaban J connectivity index is 2.32. The summed E-state index contributed by atoms with van der Waals surface area (Å²) in [5.41, 5.74) is -1.68.